The summed E-state index contributed by atoms with van der Waals surface area (Å²) in [6.45, 7) is 2.24. The van der Waals surface area contributed by atoms with Gasteiger partial charge >= 0.3 is 5.97 Å². The molecule has 134 valence electrons. The number of allylic oxidation sites excluding steroid dienone is 4. The summed E-state index contributed by atoms with van der Waals surface area (Å²) >= 11 is 0. The van der Waals surface area contributed by atoms with E-state index in [0.717, 1.165) is 19.3 Å². The zero-order valence-corrected chi connectivity index (χ0v) is 15.3. The molecule has 2 nitrogen and oxygen atoms in total. The number of carboxylic acids is 1. The highest BCUT2D eigenvalue weighted by molar-refractivity contribution is 5.66. The van der Waals surface area contributed by atoms with E-state index in [-0.39, 0.29) is 0 Å². The molecule has 0 aliphatic carbocycles. The first-order valence-electron chi connectivity index (χ1n) is 9.79. The van der Waals surface area contributed by atoms with Gasteiger partial charge in [0.15, 0.2) is 0 Å². The third-order valence-corrected chi connectivity index (χ3v) is 4.06. The highest BCUT2D eigenvalue weighted by Gasteiger charge is 1.93. The van der Waals surface area contributed by atoms with Crippen molar-refractivity contribution in [1.29, 1.82) is 0 Å². The predicted molar refractivity (Wildman–Crippen MR) is 101 cm³/mol. The van der Waals surface area contributed by atoms with Crippen molar-refractivity contribution in [2.24, 2.45) is 0 Å². The van der Waals surface area contributed by atoms with Gasteiger partial charge in [0.25, 0.3) is 0 Å². The van der Waals surface area contributed by atoms with Crippen LogP contribution >= 0.6 is 0 Å². The maximum atomic E-state index is 10.3. The molecule has 0 spiro atoms. The third kappa shape index (κ3) is 21.0. The first-order valence-corrected chi connectivity index (χ1v) is 9.79. The van der Waals surface area contributed by atoms with Crippen LogP contribution in [-0.2, 0) is 4.79 Å². The topological polar surface area (TPSA) is 37.3 Å². The number of hydrogen-bond donors (Lipinski definition) is 1. The van der Waals surface area contributed by atoms with Gasteiger partial charge in [-0.2, -0.15) is 0 Å². The van der Waals surface area contributed by atoms with Gasteiger partial charge in [0.2, 0.25) is 0 Å². The van der Waals surface area contributed by atoms with Crippen LogP contribution in [0.25, 0.3) is 0 Å². The molecule has 23 heavy (non-hydrogen) atoms. The fourth-order valence-corrected chi connectivity index (χ4v) is 2.57. The maximum absolute atomic E-state index is 10.3. The Bertz CT molecular complexity index is 305. The lowest BCUT2D eigenvalue weighted by atomic mass is 10.1. The van der Waals surface area contributed by atoms with Gasteiger partial charge in [-0.3, -0.25) is 4.79 Å². The molecule has 0 unspecified atom stereocenters. The van der Waals surface area contributed by atoms with Gasteiger partial charge in [-0.15, -0.1) is 0 Å². The number of carbonyl (C=O) groups is 1. The molecule has 0 saturated heterocycles. The van der Waals surface area contributed by atoms with E-state index in [1.807, 2.05) is 0 Å². The second kappa shape index (κ2) is 19.0. The Morgan fingerprint density at radius 1 is 0.652 bits per heavy atom. The Kier molecular flexibility index (Phi) is 18.1. The zero-order chi connectivity index (χ0) is 17.0. The quantitative estimate of drug-likeness (QED) is 0.230. The number of aliphatic carboxylic acids is 1. The molecule has 0 aromatic rings. The largest absolute Gasteiger partial charge is 0.481 e. The maximum Gasteiger partial charge on any atom is 0.303 e. The van der Waals surface area contributed by atoms with E-state index < -0.39 is 5.97 Å². The van der Waals surface area contributed by atoms with Crippen molar-refractivity contribution in [1.82, 2.24) is 0 Å². The SMILES string of the molecule is CCCCC=CCCCCCCCCCC=CCCCC(=O)O. The number of carboxylic acid groups (broad SMARTS) is 1. The van der Waals surface area contributed by atoms with Gasteiger partial charge in [-0.1, -0.05) is 76.2 Å². The van der Waals surface area contributed by atoms with Crippen molar-refractivity contribution >= 4 is 5.97 Å². The van der Waals surface area contributed by atoms with E-state index in [1.165, 1.54) is 70.6 Å². The smallest absolute Gasteiger partial charge is 0.303 e. The average molecular weight is 323 g/mol. The molecular weight excluding hydrogens is 284 g/mol. The molecule has 0 bridgehead atoms. The normalized spacial score (nSPS) is 11.7. The van der Waals surface area contributed by atoms with Crippen molar-refractivity contribution in [3.8, 4) is 0 Å². The molecule has 2 heteroatoms. The lowest BCUT2D eigenvalue weighted by Crippen LogP contribution is -1.92. The van der Waals surface area contributed by atoms with E-state index in [4.69, 9.17) is 5.11 Å². The second-order valence-electron chi connectivity index (χ2n) is 6.42. The minimum Gasteiger partial charge on any atom is -0.481 e. The van der Waals surface area contributed by atoms with Crippen LogP contribution in [0.3, 0.4) is 0 Å². The summed E-state index contributed by atoms with van der Waals surface area (Å²) in [6, 6.07) is 0. The van der Waals surface area contributed by atoms with Crippen LogP contribution in [0.2, 0.25) is 0 Å². The van der Waals surface area contributed by atoms with Gasteiger partial charge in [-0.25, -0.2) is 0 Å². The van der Waals surface area contributed by atoms with Crippen LogP contribution in [0.4, 0.5) is 0 Å². The van der Waals surface area contributed by atoms with Crippen molar-refractivity contribution < 1.29 is 9.90 Å². The van der Waals surface area contributed by atoms with E-state index in [0.29, 0.717) is 6.42 Å². The van der Waals surface area contributed by atoms with Gasteiger partial charge in [0.05, 0.1) is 0 Å². The first kappa shape index (κ1) is 21.9. The van der Waals surface area contributed by atoms with Crippen molar-refractivity contribution in [3.05, 3.63) is 24.3 Å². The second-order valence-corrected chi connectivity index (χ2v) is 6.42. The Balaban J connectivity index is 3.11. The molecule has 0 radical (unpaired) electrons. The molecule has 1 N–H and O–H groups in total. The van der Waals surface area contributed by atoms with Crippen LogP contribution in [0.5, 0.6) is 0 Å². The standard InChI is InChI=1S/C21H38O2/c1-2-3-4-5-6-7-8-9-10-11-12-13-14-15-16-17-18-19-20-21(22)23/h5-6,16-17H,2-4,7-15,18-20H2,1H3,(H,22,23). The lowest BCUT2D eigenvalue weighted by molar-refractivity contribution is -0.137. The number of hydrogen-bond acceptors (Lipinski definition) is 1. The molecule has 0 atom stereocenters. The van der Waals surface area contributed by atoms with Crippen LogP contribution in [0.1, 0.15) is 103 Å². The molecule has 0 aliphatic heterocycles. The highest BCUT2D eigenvalue weighted by atomic mass is 16.4. The predicted octanol–water partition coefficient (Wildman–Crippen LogP) is 7.05. The molecule has 0 amide bonds. The molecule has 0 saturated carbocycles. The fourth-order valence-electron chi connectivity index (χ4n) is 2.57. The Labute approximate surface area is 144 Å². The molecule has 0 heterocycles. The summed E-state index contributed by atoms with van der Waals surface area (Å²) in [5, 5.41) is 8.52. The van der Waals surface area contributed by atoms with Crippen molar-refractivity contribution in [3.63, 3.8) is 0 Å². The first-order chi connectivity index (χ1) is 11.3. The van der Waals surface area contributed by atoms with Crippen molar-refractivity contribution in [2.75, 3.05) is 0 Å². The van der Waals surface area contributed by atoms with Gasteiger partial charge < -0.3 is 5.11 Å². The van der Waals surface area contributed by atoms with Crippen LogP contribution in [-0.4, -0.2) is 11.1 Å². The molecule has 0 aromatic carbocycles. The monoisotopic (exact) mass is 322 g/mol. The van der Waals surface area contributed by atoms with Gasteiger partial charge in [-0.05, 0) is 44.9 Å². The number of rotatable bonds is 17. The molecule has 0 aromatic heterocycles. The average Bonchev–Trinajstić information content (AvgIpc) is 2.53. The Morgan fingerprint density at radius 3 is 1.48 bits per heavy atom. The summed E-state index contributed by atoms with van der Waals surface area (Å²) in [5.74, 6) is -0.689. The Morgan fingerprint density at radius 2 is 1.04 bits per heavy atom. The van der Waals surface area contributed by atoms with Crippen LogP contribution < -0.4 is 0 Å². The van der Waals surface area contributed by atoms with Gasteiger partial charge in [0.1, 0.15) is 0 Å². The summed E-state index contributed by atoms with van der Waals surface area (Å²) in [5.41, 5.74) is 0. The van der Waals surface area contributed by atoms with Crippen LogP contribution in [0.15, 0.2) is 24.3 Å². The van der Waals surface area contributed by atoms with E-state index in [2.05, 4.69) is 31.2 Å². The summed E-state index contributed by atoms with van der Waals surface area (Å²) in [7, 11) is 0. The van der Waals surface area contributed by atoms with Crippen LogP contribution in [0, 0.1) is 0 Å². The van der Waals surface area contributed by atoms with Crippen molar-refractivity contribution in [2.45, 2.75) is 103 Å². The molecule has 0 aliphatic rings. The number of unbranched alkanes of at least 4 members (excludes halogenated alkanes) is 11. The molecular formula is C21H38O2. The van der Waals surface area contributed by atoms with E-state index in [1.54, 1.807) is 0 Å². The molecule has 0 rings (SSSR count). The highest BCUT2D eigenvalue weighted by Crippen LogP contribution is 2.10. The summed E-state index contributed by atoms with van der Waals surface area (Å²) in [4.78, 5) is 10.3. The van der Waals surface area contributed by atoms with Gasteiger partial charge in [0, 0.05) is 6.42 Å². The zero-order valence-electron chi connectivity index (χ0n) is 15.3. The minimum atomic E-state index is -0.689. The summed E-state index contributed by atoms with van der Waals surface area (Å²) in [6.07, 6.45) is 26.7. The van der Waals surface area contributed by atoms with E-state index >= 15 is 0 Å². The minimum absolute atomic E-state index is 0.291. The summed E-state index contributed by atoms with van der Waals surface area (Å²) < 4.78 is 0. The molecule has 0 fully saturated rings. The van der Waals surface area contributed by atoms with E-state index in [9.17, 15) is 4.79 Å². The Hall–Kier alpha value is -1.05. The fraction of sp³-hybridized carbons (Fsp3) is 0.762. The lowest BCUT2D eigenvalue weighted by Gasteiger charge is -2.00. The third-order valence-electron chi connectivity index (χ3n) is 4.06.